The number of rotatable bonds is 8. The highest BCUT2D eigenvalue weighted by molar-refractivity contribution is 5.86. The normalized spacial score (nSPS) is 14.2. The predicted molar refractivity (Wildman–Crippen MR) is 119 cm³/mol. The van der Waals surface area contributed by atoms with Gasteiger partial charge >= 0.3 is 11.9 Å². The van der Waals surface area contributed by atoms with E-state index >= 15 is 0 Å². The van der Waals surface area contributed by atoms with Crippen molar-refractivity contribution in [3.05, 3.63) is 108 Å². The Bertz CT molecular complexity index is 1080. The molecule has 3 aromatic carbocycles. The Morgan fingerprint density at radius 1 is 0.935 bits per heavy atom. The van der Waals surface area contributed by atoms with Crippen LogP contribution in [-0.4, -0.2) is 29.7 Å². The zero-order valence-electron chi connectivity index (χ0n) is 17.0. The summed E-state index contributed by atoms with van der Waals surface area (Å²) in [5.41, 5.74) is 4.04. The van der Waals surface area contributed by atoms with Crippen molar-refractivity contribution in [1.82, 2.24) is 5.32 Å². The molecular weight excluding hydrogens is 390 g/mol. The highest BCUT2D eigenvalue weighted by atomic mass is 16.5. The third kappa shape index (κ3) is 3.64. The number of carboxylic acid groups (broad SMARTS) is 1. The smallest absolute Gasteiger partial charge is 0.324 e. The zero-order valence-corrected chi connectivity index (χ0v) is 17.0. The SMILES string of the molecule is C=CCOC(=O)[C@H](CC(=O)O)NC1(c2ccccc2)c2ccccc2-c2ccccc21. The van der Waals surface area contributed by atoms with Crippen molar-refractivity contribution in [2.45, 2.75) is 18.0 Å². The number of hydrogen-bond donors (Lipinski definition) is 2. The van der Waals surface area contributed by atoms with E-state index in [1.165, 1.54) is 6.08 Å². The number of carbonyl (C=O) groups is 2. The molecule has 2 N–H and O–H groups in total. The van der Waals surface area contributed by atoms with E-state index in [4.69, 9.17) is 4.74 Å². The third-order valence-electron chi connectivity index (χ3n) is 5.56. The van der Waals surface area contributed by atoms with Crippen LogP contribution in [0.2, 0.25) is 0 Å². The summed E-state index contributed by atoms with van der Waals surface area (Å²) in [5.74, 6) is -1.71. The molecule has 0 saturated carbocycles. The molecule has 0 saturated heterocycles. The molecule has 4 rings (SSSR count). The van der Waals surface area contributed by atoms with Crippen LogP contribution in [0.5, 0.6) is 0 Å². The minimum atomic E-state index is -1.09. The number of aliphatic carboxylic acids is 1. The average Bonchev–Trinajstić information content (AvgIpc) is 3.08. The van der Waals surface area contributed by atoms with Gasteiger partial charge in [-0.15, -0.1) is 0 Å². The first kappa shape index (κ1) is 20.6. The maximum atomic E-state index is 12.8. The molecule has 0 heterocycles. The van der Waals surface area contributed by atoms with E-state index in [9.17, 15) is 14.7 Å². The van der Waals surface area contributed by atoms with Gasteiger partial charge in [0.15, 0.2) is 0 Å². The Hall–Kier alpha value is -3.70. The summed E-state index contributed by atoms with van der Waals surface area (Å²) in [7, 11) is 0. The highest BCUT2D eigenvalue weighted by Gasteiger charge is 2.47. The topological polar surface area (TPSA) is 75.6 Å². The lowest BCUT2D eigenvalue weighted by molar-refractivity contribution is -0.150. The average molecular weight is 413 g/mol. The van der Waals surface area contributed by atoms with Crippen molar-refractivity contribution in [3.8, 4) is 11.1 Å². The molecule has 1 aliphatic rings. The number of benzene rings is 3. The number of carbonyl (C=O) groups excluding carboxylic acids is 1. The first-order chi connectivity index (χ1) is 15.1. The van der Waals surface area contributed by atoms with Crippen LogP contribution in [-0.2, 0) is 19.9 Å². The molecular formula is C26H23NO4. The van der Waals surface area contributed by atoms with Gasteiger partial charge in [-0.05, 0) is 27.8 Å². The fourth-order valence-electron chi connectivity index (χ4n) is 4.34. The van der Waals surface area contributed by atoms with E-state index in [0.717, 1.165) is 27.8 Å². The van der Waals surface area contributed by atoms with Crippen LogP contribution in [0.1, 0.15) is 23.1 Å². The van der Waals surface area contributed by atoms with Crippen molar-refractivity contribution >= 4 is 11.9 Å². The highest BCUT2D eigenvalue weighted by Crippen LogP contribution is 2.51. The molecule has 0 amide bonds. The maximum absolute atomic E-state index is 12.8. The number of nitrogens with one attached hydrogen (secondary N) is 1. The van der Waals surface area contributed by atoms with E-state index in [-0.39, 0.29) is 6.61 Å². The van der Waals surface area contributed by atoms with Gasteiger partial charge in [0.25, 0.3) is 0 Å². The number of esters is 1. The molecule has 0 spiro atoms. The van der Waals surface area contributed by atoms with Crippen LogP contribution in [0.4, 0.5) is 0 Å². The van der Waals surface area contributed by atoms with Crippen molar-refractivity contribution in [2.75, 3.05) is 6.61 Å². The molecule has 31 heavy (non-hydrogen) atoms. The lowest BCUT2D eigenvalue weighted by atomic mass is 9.79. The summed E-state index contributed by atoms with van der Waals surface area (Å²) in [4.78, 5) is 24.5. The van der Waals surface area contributed by atoms with Crippen LogP contribution >= 0.6 is 0 Å². The molecule has 0 bridgehead atoms. The molecule has 1 aliphatic carbocycles. The Balaban J connectivity index is 1.93. The van der Waals surface area contributed by atoms with Crippen molar-refractivity contribution in [2.24, 2.45) is 0 Å². The van der Waals surface area contributed by atoms with E-state index < -0.39 is 29.9 Å². The quantitative estimate of drug-likeness (QED) is 0.429. The number of ether oxygens (including phenoxy) is 1. The van der Waals surface area contributed by atoms with Gasteiger partial charge in [-0.1, -0.05) is 91.5 Å². The number of hydrogen-bond acceptors (Lipinski definition) is 4. The summed E-state index contributed by atoms with van der Waals surface area (Å²) in [6, 6.07) is 24.7. The largest absolute Gasteiger partial charge is 0.481 e. The summed E-state index contributed by atoms with van der Waals surface area (Å²) < 4.78 is 5.24. The minimum absolute atomic E-state index is 0.0160. The van der Waals surface area contributed by atoms with E-state index in [1.807, 2.05) is 78.9 Å². The van der Waals surface area contributed by atoms with Gasteiger partial charge in [0, 0.05) is 0 Å². The second-order valence-corrected chi connectivity index (χ2v) is 7.42. The Kier molecular flexibility index (Phi) is 5.69. The van der Waals surface area contributed by atoms with Gasteiger partial charge in [0.05, 0.1) is 12.0 Å². The Morgan fingerprint density at radius 3 is 2.03 bits per heavy atom. The maximum Gasteiger partial charge on any atom is 0.324 e. The van der Waals surface area contributed by atoms with Gasteiger partial charge in [-0.3, -0.25) is 14.9 Å². The van der Waals surface area contributed by atoms with E-state index in [2.05, 4.69) is 11.9 Å². The Morgan fingerprint density at radius 2 is 1.48 bits per heavy atom. The molecule has 5 nitrogen and oxygen atoms in total. The first-order valence-corrected chi connectivity index (χ1v) is 10.1. The van der Waals surface area contributed by atoms with Crippen molar-refractivity contribution in [3.63, 3.8) is 0 Å². The van der Waals surface area contributed by atoms with Crippen molar-refractivity contribution in [1.29, 1.82) is 0 Å². The third-order valence-corrected chi connectivity index (χ3v) is 5.56. The molecule has 0 radical (unpaired) electrons. The van der Waals surface area contributed by atoms with Gasteiger partial charge in [-0.25, -0.2) is 0 Å². The van der Waals surface area contributed by atoms with Crippen LogP contribution < -0.4 is 5.32 Å². The zero-order chi connectivity index (χ0) is 21.8. The molecule has 0 unspecified atom stereocenters. The summed E-state index contributed by atoms with van der Waals surface area (Å²) in [5, 5.41) is 12.9. The molecule has 156 valence electrons. The van der Waals surface area contributed by atoms with Crippen LogP contribution in [0.15, 0.2) is 91.5 Å². The first-order valence-electron chi connectivity index (χ1n) is 10.1. The fraction of sp³-hybridized carbons (Fsp3) is 0.154. The molecule has 3 aromatic rings. The second kappa shape index (κ2) is 8.58. The van der Waals surface area contributed by atoms with Gasteiger partial charge in [-0.2, -0.15) is 0 Å². The van der Waals surface area contributed by atoms with Gasteiger partial charge in [0.1, 0.15) is 12.6 Å². The van der Waals surface area contributed by atoms with Crippen molar-refractivity contribution < 1.29 is 19.4 Å². The van der Waals surface area contributed by atoms with E-state index in [0.29, 0.717) is 0 Å². The summed E-state index contributed by atoms with van der Waals surface area (Å²) in [6.45, 7) is 3.58. The number of carboxylic acids is 1. The fourth-order valence-corrected chi connectivity index (χ4v) is 4.34. The van der Waals surface area contributed by atoms with Gasteiger partial charge < -0.3 is 9.84 Å². The summed E-state index contributed by atoms with van der Waals surface area (Å²) >= 11 is 0. The lowest BCUT2D eigenvalue weighted by Crippen LogP contribution is -2.52. The number of fused-ring (bicyclic) bond motifs is 3. The van der Waals surface area contributed by atoms with Crippen LogP contribution in [0.3, 0.4) is 0 Å². The second-order valence-electron chi connectivity index (χ2n) is 7.42. The molecule has 0 aliphatic heterocycles. The van der Waals surface area contributed by atoms with Gasteiger partial charge in [0.2, 0.25) is 0 Å². The lowest BCUT2D eigenvalue weighted by Gasteiger charge is -2.36. The predicted octanol–water partition coefficient (Wildman–Crippen LogP) is 4.12. The molecule has 0 fully saturated rings. The van der Waals surface area contributed by atoms with Crippen LogP contribution in [0, 0.1) is 0 Å². The van der Waals surface area contributed by atoms with Crippen LogP contribution in [0.25, 0.3) is 11.1 Å². The molecule has 1 atom stereocenters. The standard InChI is InChI=1S/C26H23NO4/c1-2-16-31-25(30)23(17-24(28)29)27-26(18-10-4-3-5-11-18)21-14-8-6-12-19(21)20-13-7-9-15-22(20)26/h2-15,23,27H,1,16-17H2,(H,28,29)/t23-/m0/s1. The monoisotopic (exact) mass is 413 g/mol. The molecule has 0 aromatic heterocycles. The Labute approximate surface area is 181 Å². The molecule has 5 heteroatoms. The van der Waals surface area contributed by atoms with E-state index in [1.54, 1.807) is 0 Å². The summed E-state index contributed by atoms with van der Waals surface area (Å²) in [6.07, 6.45) is 1.05. The minimum Gasteiger partial charge on any atom is -0.481 e.